The molecule has 0 bridgehead atoms. The first-order valence-electron chi connectivity index (χ1n) is 8.81. The molecule has 3 atom stereocenters. The minimum Gasteiger partial charge on any atom is -0.435 e. The summed E-state index contributed by atoms with van der Waals surface area (Å²) in [5.41, 5.74) is 0.608. The van der Waals surface area contributed by atoms with Crippen LogP contribution in [-0.4, -0.2) is 36.8 Å². The molecule has 1 aromatic rings. The molecule has 1 aliphatic carbocycles. The van der Waals surface area contributed by atoms with Gasteiger partial charge in [-0.2, -0.15) is 8.78 Å². The molecule has 3 unspecified atom stereocenters. The molecule has 25 heavy (non-hydrogen) atoms. The second-order valence-corrected chi connectivity index (χ2v) is 6.22. The highest BCUT2D eigenvalue weighted by molar-refractivity contribution is 5.80. The summed E-state index contributed by atoms with van der Waals surface area (Å²) in [6.07, 6.45) is 2.75. The van der Waals surface area contributed by atoms with E-state index >= 15 is 0 Å². The number of aliphatic hydroxyl groups excluding tert-OH is 1. The highest BCUT2D eigenvalue weighted by Gasteiger charge is 2.36. The van der Waals surface area contributed by atoms with Gasteiger partial charge in [0.05, 0.1) is 12.6 Å². The first-order valence-corrected chi connectivity index (χ1v) is 8.81. The van der Waals surface area contributed by atoms with Crippen molar-refractivity contribution in [2.45, 2.75) is 51.9 Å². The van der Waals surface area contributed by atoms with Crippen molar-refractivity contribution in [1.82, 2.24) is 10.6 Å². The Balaban J connectivity index is 1.88. The zero-order valence-electron chi connectivity index (χ0n) is 14.7. The Hall–Kier alpha value is -1.89. The second-order valence-electron chi connectivity index (χ2n) is 6.22. The number of aliphatic hydroxyl groups is 1. The Morgan fingerprint density at radius 2 is 2.04 bits per heavy atom. The van der Waals surface area contributed by atoms with Gasteiger partial charge in [-0.3, -0.25) is 4.99 Å². The van der Waals surface area contributed by atoms with Crippen LogP contribution in [0.4, 0.5) is 8.78 Å². The van der Waals surface area contributed by atoms with Crippen LogP contribution in [0, 0.1) is 5.92 Å². The molecule has 7 heteroatoms. The summed E-state index contributed by atoms with van der Waals surface area (Å²) in [4.78, 5) is 4.43. The maximum absolute atomic E-state index is 12.1. The quantitative estimate of drug-likeness (QED) is 0.470. The second kappa shape index (κ2) is 9.56. The maximum Gasteiger partial charge on any atom is 0.387 e. The number of halogens is 2. The Morgan fingerprint density at radius 1 is 1.32 bits per heavy atom. The lowest BCUT2D eigenvalue weighted by Gasteiger charge is -2.14. The molecule has 0 aromatic heterocycles. The lowest BCUT2D eigenvalue weighted by molar-refractivity contribution is -0.0498. The van der Waals surface area contributed by atoms with Gasteiger partial charge in [0.2, 0.25) is 0 Å². The third-order valence-corrected chi connectivity index (χ3v) is 4.16. The van der Waals surface area contributed by atoms with E-state index in [0.717, 1.165) is 13.0 Å². The third-order valence-electron chi connectivity index (χ3n) is 4.16. The number of benzene rings is 1. The number of hydrogen-bond donors (Lipinski definition) is 3. The minimum atomic E-state index is -2.85. The van der Waals surface area contributed by atoms with E-state index in [1.807, 2.05) is 6.92 Å². The molecule has 1 saturated carbocycles. The van der Waals surface area contributed by atoms with E-state index in [4.69, 9.17) is 0 Å². The van der Waals surface area contributed by atoms with Crippen LogP contribution in [0.25, 0.3) is 0 Å². The van der Waals surface area contributed by atoms with Crippen LogP contribution in [0.2, 0.25) is 0 Å². The number of rotatable bonds is 9. The highest BCUT2D eigenvalue weighted by Crippen LogP contribution is 2.34. The lowest BCUT2D eigenvalue weighted by Crippen LogP contribution is -2.39. The normalized spacial score (nSPS) is 21.1. The average Bonchev–Trinajstić information content (AvgIpc) is 3.30. The Bertz CT molecular complexity index is 552. The summed E-state index contributed by atoms with van der Waals surface area (Å²) in [5, 5.41) is 16.8. The zero-order valence-corrected chi connectivity index (χ0v) is 14.7. The van der Waals surface area contributed by atoms with Gasteiger partial charge in [0.25, 0.3) is 0 Å². The first kappa shape index (κ1) is 19.4. The maximum atomic E-state index is 12.1. The third kappa shape index (κ3) is 6.49. The lowest BCUT2D eigenvalue weighted by atomic mass is 10.1. The molecule has 0 amide bonds. The van der Waals surface area contributed by atoms with Crippen molar-refractivity contribution in [3.05, 3.63) is 29.8 Å². The van der Waals surface area contributed by atoms with E-state index in [2.05, 4.69) is 27.3 Å². The van der Waals surface area contributed by atoms with Crippen molar-refractivity contribution in [3.8, 4) is 5.75 Å². The van der Waals surface area contributed by atoms with Crippen LogP contribution >= 0.6 is 0 Å². The summed E-state index contributed by atoms with van der Waals surface area (Å²) >= 11 is 0. The van der Waals surface area contributed by atoms with Crippen LogP contribution in [-0.2, 0) is 0 Å². The van der Waals surface area contributed by atoms with Crippen molar-refractivity contribution >= 4 is 5.96 Å². The molecule has 0 radical (unpaired) electrons. The molecular formula is C18H27F2N3O2. The Morgan fingerprint density at radius 3 is 2.64 bits per heavy atom. The molecular weight excluding hydrogens is 328 g/mol. The van der Waals surface area contributed by atoms with Gasteiger partial charge in [-0.15, -0.1) is 0 Å². The van der Waals surface area contributed by atoms with E-state index < -0.39 is 12.7 Å². The van der Waals surface area contributed by atoms with Gasteiger partial charge in [0, 0.05) is 12.6 Å². The molecule has 140 valence electrons. The smallest absolute Gasteiger partial charge is 0.387 e. The number of guanidine groups is 1. The van der Waals surface area contributed by atoms with Gasteiger partial charge in [-0.1, -0.05) is 25.5 Å². The molecule has 5 nitrogen and oxygen atoms in total. The van der Waals surface area contributed by atoms with Crippen LogP contribution in [0.15, 0.2) is 29.3 Å². The fraction of sp³-hybridized carbons (Fsp3) is 0.611. The number of hydrogen-bond acceptors (Lipinski definition) is 3. The number of nitrogens with zero attached hydrogens (tertiary/aromatic N) is 1. The van der Waals surface area contributed by atoms with E-state index in [1.165, 1.54) is 25.0 Å². The molecule has 0 saturated heterocycles. The Labute approximate surface area is 147 Å². The molecule has 2 rings (SSSR count). The first-order chi connectivity index (χ1) is 12.0. The van der Waals surface area contributed by atoms with Gasteiger partial charge < -0.3 is 20.5 Å². The van der Waals surface area contributed by atoms with E-state index in [0.29, 0.717) is 23.5 Å². The minimum absolute atomic E-state index is 0.0696. The topological polar surface area (TPSA) is 65.9 Å². The molecule has 1 aromatic carbocycles. The molecule has 0 aliphatic heterocycles. The van der Waals surface area contributed by atoms with Gasteiger partial charge in [-0.05, 0) is 43.4 Å². The van der Waals surface area contributed by atoms with Crippen molar-refractivity contribution in [1.29, 1.82) is 0 Å². The van der Waals surface area contributed by atoms with Crippen LogP contribution in [0.3, 0.4) is 0 Å². The number of ether oxygens (including phenoxy) is 1. The molecule has 3 N–H and O–H groups in total. The highest BCUT2D eigenvalue weighted by atomic mass is 19.3. The van der Waals surface area contributed by atoms with Crippen LogP contribution in [0.5, 0.6) is 5.75 Å². The van der Waals surface area contributed by atoms with Gasteiger partial charge in [0.1, 0.15) is 5.75 Å². The summed E-state index contributed by atoms with van der Waals surface area (Å²) in [6.45, 7) is 2.25. The van der Waals surface area contributed by atoms with E-state index in [1.54, 1.807) is 12.1 Å². The number of aliphatic imine (C=N–C) groups is 1. The molecule has 0 heterocycles. The summed E-state index contributed by atoms with van der Waals surface area (Å²) in [7, 11) is 0. The fourth-order valence-electron chi connectivity index (χ4n) is 2.76. The molecule has 0 spiro atoms. The predicted molar refractivity (Wildman–Crippen MR) is 94.0 cm³/mol. The Kier molecular flexibility index (Phi) is 7.43. The number of nitrogens with one attached hydrogen (secondary N) is 2. The van der Waals surface area contributed by atoms with Gasteiger partial charge in [-0.25, -0.2) is 0 Å². The van der Waals surface area contributed by atoms with E-state index in [9.17, 15) is 13.9 Å². The van der Waals surface area contributed by atoms with Gasteiger partial charge >= 0.3 is 6.61 Å². The summed E-state index contributed by atoms with van der Waals surface area (Å²) in [6, 6.07) is 6.42. The largest absolute Gasteiger partial charge is 0.435 e. The van der Waals surface area contributed by atoms with Crippen molar-refractivity contribution < 1.29 is 18.6 Å². The number of alkyl halides is 2. The predicted octanol–water partition coefficient (Wildman–Crippen LogP) is 3.07. The SMILES string of the molecule is CCCC1CC1NC(=NCC(O)c1ccc(OC(F)F)cc1)NCC. The van der Waals surface area contributed by atoms with E-state index in [-0.39, 0.29) is 12.3 Å². The van der Waals surface area contributed by atoms with Crippen molar-refractivity contribution in [2.24, 2.45) is 10.9 Å². The average molecular weight is 355 g/mol. The van der Waals surface area contributed by atoms with Gasteiger partial charge in [0.15, 0.2) is 5.96 Å². The zero-order chi connectivity index (χ0) is 18.2. The molecule has 1 fully saturated rings. The monoisotopic (exact) mass is 355 g/mol. The van der Waals surface area contributed by atoms with Crippen LogP contribution in [0.1, 0.15) is 44.8 Å². The van der Waals surface area contributed by atoms with Crippen LogP contribution < -0.4 is 15.4 Å². The summed E-state index contributed by atoms with van der Waals surface area (Å²) < 4.78 is 28.6. The van der Waals surface area contributed by atoms with Crippen molar-refractivity contribution in [2.75, 3.05) is 13.1 Å². The summed E-state index contributed by atoms with van der Waals surface area (Å²) in [5.74, 6) is 1.48. The molecule has 1 aliphatic rings. The fourth-order valence-corrected chi connectivity index (χ4v) is 2.76. The van der Waals surface area contributed by atoms with Crippen molar-refractivity contribution in [3.63, 3.8) is 0 Å². The standard InChI is InChI=1S/C18H27F2N3O2/c1-3-5-13-10-15(13)23-18(21-4-2)22-11-16(24)12-6-8-14(9-7-12)25-17(19)20/h6-9,13,15-17,24H,3-5,10-11H2,1-2H3,(H2,21,22,23).